The van der Waals surface area contributed by atoms with Crippen LogP contribution in [0.4, 0.5) is 0 Å². The second kappa shape index (κ2) is 6.53. The second-order valence-electron chi connectivity index (χ2n) is 5.54. The molecule has 0 aliphatic heterocycles. The van der Waals surface area contributed by atoms with Crippen molar-refractivity contribution < 1.29 is 14.7 Å². The first-order valence-electron chi connectivity index (χ1n) is 7.19. The van der Waals surface area contributed by atoms with Gasteiger partial charge in [-0.05, 0) is 24.3 Å². The Morgan fingerprint density at radius 3 is 2.71 bits per heavy atom. The van der Waals surface area contributed by atoms with Gasteiger partial charge in [-0.1, -0.05) is 42.5 Å². The predicted octanol–water partition coefficient (Wildman–Crippen LogP) is 3.51. The maximum Gasteiger partial charge on any atom is 0.328 e. The molecule has 1 aliphatic carbocycles. The third kappa shape index (κ3) is 3.30. The smallest absolute Gasteiger partial charge is 0.328 e. The quantitative estimate of drug-likeness (QED) is 0.665. The highest BCUT2D eigenvalue weighted by atomic mass is 16.4. The molecule has 0 spiro atoms. The number of carboxylic acids is 1. The van der Waals surface area contributed by atoms with Gasteiger partial charge < -0.3 is 5.11 Å². The van der Waals surface area contributed by atoms with Crippen molar-refractivity contribution in [2.24, 2.45) is 5.92 Å². The molecule has 0 bridgehead atoms. The number of benzene rings is 1. The van der Waals surface area contributed by atoms with Gasteiger partial charge in [0.2, 0.25) is 0 Å². The van der Waals surface area contributed by atoms with Gasteiger partial charge in [0.05, 0.1) is 0 Å². The molecule has 3 heteroatoms. The summed E-state index contributed by atoms with van der Waals surface area (Å²) in [5.41, 5.74) is 0.670. The molecule has 0 radical (unpaired) electrons. The Balaban J connectivity index is 2.50. The minimum Gasteiger partial charge on any atom is -0.478 e. The summed E-state index contributed by atoms with van der Waals surface area (Å²) < 4.78 is 0. The van der Waals surface area contributed by atoms with E-state index in [2.05, 4.69) is 6.58 Å². The summed E-state index contributed by atoms with van der Waals surface area (Å²) in [5, 5.41) is 9.00. The molecule has 1 aliphatic rings. The number of allylic oxidation sites excluding steroid dienone is 2. The van der Waals surface area contributed by atoms with Crippen molar-refractivity contribution in [2.75, 3.05) is 0 Å². The van der Waals surface area contributed by atoms with Crippen molar-refractivity contribution >= 4 is 11.8 Å². The summed E-state index contributed by atoms with van der Waals surface area (Å²) >= 11 is 0. The summed E-state index contributed by atoms with van der Waals surface area (Å²) in [6.45, 7) is 3.78. The lowest BCUT2D eigenvalue weighted by molar-refractivity contribution is -0.131. The van der Waals surface area contributed by atoms with E-state index in [1.54, 1.807) is 6.08 Å². The van der Waals surface area contributed by atoms with Crippen molar-refractivity contribution in [3.63, 3.8) is 0 Å². The zero-order valence-electron chi connectivity index (χ0n) is 12.0. The Hall–Kier alpha value is -2.16. The fraction of sp³-hybridized carbons (Fsp3) is 0.333. The van der Waals surface area contributed by atoms with E-state index in [1.807, 2.05) is 36.4 Å². The minimum atomic E-state index is -0.959. The van der Waals surface area contributed by atoms with E-state index in [1.165, 1.54) is 6.08 Å². The number of ketones is 1. The van der Waals surface area contributed by atoms with Crippen LogP contribution in [0.3, 0.4) is 0 Å². The number of carboxylic acid groups (broad SMARTS) is 1. The number of hydrogen-bond donors (Lipinski definition) is 1. The Morgan fingerprint density at radius 2 is 2.10 bits per heavy atom. The summed E-state index contributed by atoms with van der Waals surface area (Å²) in [6, 6.07) is 9.87. The number of aliphatic carboxylic acids is 1. The van der Waals surface area contributed by atoms with Gasteiger partial charge in [-0.2, -0.15) is 0 Å². The lowest BCUT2D eigenvalue weighted by Crippen LogP contribution is -2.39. The topological polar surface area (TPSA) is 54.4 Å². The molecule has 0 saturated heterocycles. The summed E-state index contributed by atoms with van der Waals surface area (Å²) in [6.07, 6.45) is 7.11. The van der Waals surface area contributed by atoms with E-state index >= 15 is 0 Å². The van der Waals surface area contributed by atoms with Gasteiger partial charge in [0.15, 0.2) is 0 Å². The van der Waals surface area contributed by atoms with Crippen LogP contribution in [-0.2, 0) is 15.0 Å². The van der Waals surface area contributed by atoms with E-state index in [0.29, 0.717) is 25.7 Å². The molecule has 0 heterocycles. The zero-order chi connectivity index (χ0) is 15.3. The average molecular weight is 284 g/mol. The van der Waals surface area contributed by atoms with E-state index < -0.39 is 11.4 Å². The van der Waals surface area contributed by atoms with Gasteiger partial charge in [0.25, 0.3) is 0 Å². The molecule has 2 rings (SSSR count). The molecular formula is C18H20O3. The van der Waals surface area contributed by atoms with Gasteiger partial charge in [0, 0.05) is 24.3 Å². The molecule has 0 amide bonds. The van der Waals surface area contributed by atoms with Crippen molar-refractivity contribution in [3.8, 4) is 0 Å². The van der Waals surface area contributed by atoms with Gasteiger partial charge in [-0.25, -0.2) is 4.79 Å². The van der Waals surface area contributed by atoms with Crippen molar-refractivity contribution in [1.82, 2.24) is 0 Å². The molecule has 1 aromatic rings. The van der Waals surface area contributed by atoms with Gasteiger partial charge in [-0.15, -0.1) is 6.58 Å². The SMILES string of the molecule is C=CCC1CC(=O)CCC1(C=CC(=O)O)c1ccccc1. The largest absolute Gasteiger partial charge is 0.478 e. The third-order valence-corrected chi connectivity index (χ3v) is 4.31. The first-order valence-corrected chi connectivity index (χ1v) is 7.19. The maximum absolute atomic E-state index is 11.8. The van der Waals surface area contributed by atoms with Crippen LogP contribution in [-0.4, -0.2) is 16.9 Å². The zero-order valence-corrected chi connectivity index (χ0v) is 12.0. The molecule has 0 aromatic heterocycles. The standard InChI is InChI=1S/C18H20O3/c1-2-6-15-13-16(19)9-11-18(15,12-10-17(20)21)14-7-4-3-5-8-14/h2-5,7-8,10,12,15H,1,6,9,11,13H2,(H,20,21). The normalized spacial score (nSPS) is 25.9. The number of carbonyl (C=O) groups excluding carboxylic acids is 1. The highest BCUT2D eigenvalue weighted by Gasteiger charge is 2.42. The summed E-state index contributed by atoms with van der Waals surface area (Å²) in [5.74, 6) is -0.647. The average Bonchev–Trinajstić information content (AvgIpc) is 2.48. The molecule has 2 unspecified atom stereocenters. The molecule has 1 saturated carbocycles. The number of hydrogen-bond acceptors (Lipinski definition) is 2. The fourth-order valence-electron chi connectivity index (χ4n) is 3.27. The molecule has 110 valence electrons. The number of Topliss-reactive ketones (excluding diaryl/α,β-unsaturated/α-hetero) is 1. The highest BCUT2D eigenvalue weighted by Crippen LogP contribution is 2.45. The minimum absolute atomic E-state index is 0.0641. The van der Waals surface area contributed by atoms with Crippen LogP contribution < -0.4 is 0 Å². The van der Waals surface area contributed by atoms with Crippen LogP contribution in [0.2, 0.25) is 0 Å². The fourth-order valence-corrected chi connectivity index (χ4v) is 3.27. The Kier molecular flexibility index (Phi) is 4.73. The summed E-state index contributed by atoms with van der Waals surface area (Å²) in [4.78, 5) is 22.8. The summed E-state index contributed by atoms with van der Waals surface area (Å²) in [7, 11) is 0. The molecule has 21 heavy (non-hydrogen) atoms. The first-order chi connectivity index (χ1) is 10.1. The second-order valence-corrected chi connectivity index (χ2v) is 5.54. The van der Waals surface area contributed by atoms with Gasteiger partial charge in [-0.3, -0.25) is 4.79 Å². The molecule has 2 atom stereocenters. The Bertz CT molecular complexity index is 559. The first kappa shape index (κ1) is 15.2. The molecule has 1 aromatic carbocycles. The van der Waals surface area contributed by atoms with Crippen LogP contribution >= 0.6 is 0 Å². The van der Waals surface area contributed by atoms with Gasteiger partial charge in [0.1, 0.15) is 5.78 Å². The lowest BCUT2D eigenvalue weighted by atomic mass is 9.61. The molecular weight excluding hydrogens is 264 g/mol. The van der Waals surface area contributed by atoms with Gasteiger partial charge >= 0.3 is 5.97 Å². The van der Waals surface area contributed by atoms with E-state index in [4.69, 9.17) is 5.11 Å². The van der Waals surface area contributed by atoms with Crippen LogP contribution in [0, 0.1) is 5.92 Å². The molecule has 1 fully saturated rings. The predicted molar refractivity (Wildman–Crippen MR) is 82.1 cm³/mol. The highest BCUT2D eigenvalue weighted by molar-refractivity contribution is 5.82. The number of rotatable bonds is 5. The van der Waals surface area contributed by atoms with E-state index in [9.17, 15) is 9.59 Å². The monoisotopic (exact) mass is 284 g/mol. The van der Waals surface area contributed by atoms with Crippen molar-refractivity contribution in [1.29, 1.82) is 0 Å². The maximum atomic E-state index is 11.8. The van der Waals surface area contributed by atoms with Crippen LogP contribution in [0.5, 0.6) is 0 Å². The van der Waals surface area contributed by atoms with Crippen LogP contribution in [0.15, 0.2) is 55.1 Å². The van der Waals surface area contributed by atoms with E-state index in [-0.39, 0.29) is 11.7 Å². The van der Waals surface area contributed by atoms with Crippen LogP contribution in [0.25, 0.3) is 0 Å². The van der Waals surface area contributed by atoms with Crippen molar-refractivity contribution in [3.05, 3.63) is 60.7 Å². The van der Waals surface area contributed by atoms with Crippen molar-refractivity contribution in [2.45, 2.75) is 31.1 Å². The third-order valence-electron chi connectivity index (χ3n) is 4.31. The Morgan fingerprint density at radius 1 is 1.38 bits per heavy atom. The molecule has 1 N–H and O–H groups in total. The van der Waals surface area contributed by atoms with E-state index in [0.717, 1.165) is 5.56 Å². The lowest BCUT2D eigenvalue weighted by Gasteiger charge is -2.42. The Labute approximate surface area is 125 Å². The van der Waals surface area contributed by atoms with Crippen LogP contribution in [0.1, 0.15) is 31.2 Å². The number of carbonyl (C=O) groups is 2. The molecule has 3 nitrogen and oxygen atoms in total.